The Morgan fingerprint density at radius 2 is 1.52 bits per heavy atom. The molecule has 1 aliphatic carbocycles. The number of unbranched alkanes of at least 4 members (excludes halogenated alkanes) is 7. The van der Waals surface area contributed by atoms with Crippen molar-refractivity contribution < 1.29 is 41.7 Å². The number of rotatable bonds is 19. The quantitative estimate of drug-likeness (QED) is 0.0888. The number of benzene rings is 2. The summed E-state index contributed by atoms with van der Waals surface area (Å²) in [5.74, 6) is -0.718. The van der Waals surface area contributed by atoms with E-state index in [1.165, 1.54) is 74.8 Å². The van der Waals surface area contributed by atoms with E-state index < -0.39 is 18.2 Å². The Hall–Kier alpha value is -3.07. The van der Waals surface area contributed by atoms with Gasteiger partial charge < -0.3 is 18.9 Å². The molecule has 0 aliphatic heterocycles. The minimum atomic E-state index is -4.68. The van der Waals surface area contributed by atoms with Gasteiger partial charge in [0.1, 0.15) is 11.5 Å². The summed E-state index contributed by atoms with van der Waals surface area (Å²) in [5, 5.41) is 0. The van der Waals surface area contributed by atoms with Gasteiger partial charge in [-0.3, -0.25) is 4.79 Å². The summed E-state index contributed by atoms with van der Waals surface area (Å²) in [6, 6.07) is 11.4. The van der Waals surface area contributed by atoms with Gasteiger partial charge in [-0.15, -0.1) is 0 Å². The molecular weight excluding hydrogens is 573 g/mol. The smallest absolute Gasteiger partial charge is 0.425 e. The molecule has 2 atom stereocenters. The van der Waals surface area contributed by atoms with E-state index in [1.807, 2.05) is 12.1 Å². The number of hydrogen-bond donors (Lipinski definition) is 0. The van der Waals surface area contributed by atoms with Crippen LogP contribution in [-0.2, 0) is 27.1 Å². The molecule has 0 saturated heterocycles. The van der Waals surface area contributed by atoms with Gasteiger partial charge in [0.05, 0.1) is 18.1 Å². The van der Waals surface area contributed by atoms with Crippen molar-refractivity contribution >= 4 is 11.9 Å². The highest BCUT2D eigenvalue weighted by atomic mass is 19.4. The molecule has 44 heavy (non-hydrogen) atoms. The summed E-state index contributed by atoms with van der Waals surface area (Å²) in [6.45, 7) is 5.24. The Balaban J connectivity index is 1.43. The standard InChI is InChI=1S/C35H47F3O6/c1-3-5-6-7-8-9-10-11-23-42-31-21-18-27-24-29(15-14-28(27)25-31)34(40)43-30-19-16-26(17-20-30)33(39)44-32(35(36,37)38)13-12-22-41-4-2/h16-21,25,29,32H,3-15,22-24H2,1-2H3. The van der Waals surface area contributed by atoms with Gasteiger partial charge in [-0.05, 0) is 93.0 Å². The topological polar surface area (TPSA) is 71.1 Å². The molecule has 3 rings (SSSR count). The molecule has 9 heteroatoms. The number of aryl methyl sites for hydroxylation is 1. The average Bonchev–Trinajstić information content (AvgIpc) is 3.01. The summed E-state index contributed by atoms with van der Waals surface area (Å²) in [6.07, 6.45) is 4.78. The third-order valence-corrected chi connectivity index (χ3v) is 7.89. The Labute approximate surface area is 259 Å². The molecule has 0 fully saturated rings. The second-order valence-corrected chi connectivity index (χ2v) is 11.4. The van der Waals surface area contributed by atoms with Crippen LogP contribution in [-0.4, -0.2) is 44.0 Å². The van der Waals surface area contributed by atoms with Crippen molar-refractivity contribution in [2.45, 2.75) is 110 Å². The van der Waals surface area contributed by atoms with Crippen LogP contribution in [0.15, 0.2) is 42.5 Å². The van der Waals surface area contributed by atoms with Gasteiger partial charge in [0, 0.05) is 13.2 Å². The number of carbonyl (C=O) groups is 2. The van der Waals surface area contributed by atoms with E-state index in [-0.39, 0.29) is 42.6 Å². The number of fused-ring (bicyclic) bond motifs is 1. The fourth-order valence-electron chi connectivity index (χ4n) is 5.31. The van der Waals surface area contributed by atoms with E-state index in [0.29, 0.717) is 26.1 Å². The van der Waals surface area contributed by atoms with Crippen LogP contribution in [0, 0.1) is 5.92 Å². The fraction of sp³-hybridized carbons (Fsp3) is 0.600. The summed E-state index contributed by atoms with van der Waals surface area (Å²) >= 11 is 0. The second kappa shape index (κ2) is 18.7. The second-order valence-electron chi connectivity index (χ2n) is 11.4. The van der Waals surface area contributed by atoms with Crippen LogP contribution in [0.2, 0.25) is 0 Å². The maximum absolute atomic E-state index is 13.3. The Bertz CT molecular complexity index is 1150. The Morgan fingerprint density at radius 1 is 0.841 bits per heavy atom. The average molecular weight is 621 g/mol. The molecule has 2 unspecified atom stereocenters. The number of ether oxygens (including phenoxy) is 4. The molecule has 244 valence electrons. The summed E-state index contributed by atoms with van der Waals surface area (Å²) < 4.78 is 61.4. The van der Waals surface area contributed by atoms with Crippen molar-refractivity contribution in [3.05, 3.63) is 59.2 Å². The Morgan fingerprint density at radius 3 is 2.20 bits per heavy atom. The molecule has 1 aliphatic rings. The molecule has 0 radical (unpaired) electrons. The lowest BCUT2D eigenvalue weighted by Crippen LogP contribution is -2.34. The maximum Gasteiger partial charge on any atom is 0.425 e. The van der Waals surface area contributed by atoms with E-state index in [4.69, 9.17) is 18.9 Å². The van der Waals surface area contributed by atoms with Crippen LogP contribution >= 0.6 is 0 Å². The fourth-order valence-corrected chi connectivity index (χ4v) is 5.31. The van der Waals surface area contributed by atoms with Crippen LogP contribution in [0.5, 0.6) is 11.5 Å². The maximum atomic E-state index is 13.3. The lowest BCUT2D eigenvalue weighted by molar-refractivity contribution is -0.206. The summed E-state index contributed by atoms with van der Waals surface area (Å²) in [7, 11) is 0. The molecular formula is C35H47F3O6. The molecule has 0 aromatic heterocycles. The molecule has 0 N–H and O–H groups in total. The highest BCUT2D eigenvalue weighted by Crippen LogP contribution is 2.31. The first-order valence-corrected chi connectivity index (χ1v) is 16.1. The lowest BCUT2D eigenvalue weighted by atomic mass is 9.84. The zero-order valence-electron chi connectivity index (χ0n) is 26.1. The van der Waals surface area contributed by atoms with Crippen molar-refractivity contribution in [2.75, 3.05) is 19.8 Å². The third kappa shape index (κ3) is 12.1. The van der Waals surface area contributed by atoms with Gasteiger partial charge in [0.25, 0.3) is 0 Å². The highest BCUT2D eigenvalue weighted by Gasteiger charge is 2.42. The number of carbonyl (C=O) groups excluding carboxylic acids is 2. The van der Waals surface area contributed by atoms with E-state index in [2.05, 4.69) is 13.0 Å². The van der Waals surface area contributed by atoms with E-state index in [0.717, 1.165) is 24.2 Å². The molecule has 6 nitrogen and oxygen atoms in total. The van der Waals surface area contributed by atoms with Crippen LogP contribution in [0.4, 0.5) is 13.2 Å². The molecule has 0 amide bonds. The third-order valence-electron chi connectivity index (χ3n) is 7.89. The number of halogens is 3. The predicted molar refractivity (Wildman–Crippen MR) is 163 cm³/mol. The van der Waals surface area contributed by atoms with Crippen molar-refractivity contribution in [1.82, 2.24) is 0 Å². The van der Waals surface area contributed by atoms with Gasteiger partial charge >= 0.3 is 18.1 Å². The van der Waals surface area contributed by atoms with Gasteiger partial charge in [-0.25, -0.2) is 4.79 Å². The van der Waals surface area contributed by atoms with Crippen LogP contribution in [0.1, 0.15) is 106 Å². The monoisotopic (exact) mass is 620 g/mol. The Kier molecular flexibility index (Phi) is 15.0. The first kappa shape index (κ1) is 35.4. The van der Waals surface area contributed by atoms with Gasteiger partial charge in [-0.1, -0.05) is 57.9 Å². The number of alkyl halides is 3. The minimum Gasteiger partial charge on any atom is -0.494 e. The van der Waals surface area contributed by atoms with Gasteiger partial charge in [0.2, 0.25) is 0 Å². The highest BCUT2D eigenvalue weighted by molar-refractivity contribution is 5.89. The number of hydrogen-bond acceptors (Lipinski definition) is 6. The lowest BCUT2D eigenvalue weighted by Gasteiger charge is -2.24. The minimum absolute atomic E-state index is 0.0594. The van der Waals surface area contributed by atoms with Gasteiger partial charge in [-0.2, -0.15) is 13.2 Å². The zero-order valence-corrected chi connectivity index (χ0v) is 26.1. The predicted octanol–water partition coefficient (Wildman–Crippen LogP) is 8.82. The molecule has 2 aromatic rings. The van der Waals surface area contributed by atoms with E-state index in [1.54, 1.807) is 6.92 Å². The zero-order chi connectivity index (χ0) is 31.8. The normalized spacial score (nSPS) is 15.3. The molecule has 0 heterocycles. The molecule has 0 spiro atoms. The largest absolute Gasteiger partial charge is 0.494 e. The molecule has 0 bridgehead atoms. The van der Waals surface area contributed by atoms with Crippen molar-refractivity contribution in [3.63, 3.8) is 0 Å². The van der Waals surface area contributed by atoms with Crippen molar-refractivity contribution in [3.8, 4) is 11.5 Å². The first-order chi connectivity index (χ1) is 21.2. The van der Waals surface area contributed by atoms with Crippen molar-refractivity contribution in [2.24, 2.45) is 5.92 Å². The van der Waals surface area contributed by atoms with Crippen LogP contribution < -0.4 is 9.47 Å². The number of esters is 2. The molecule has 0 saturated carbocycles. The van der Waals surface area contributed by atoms with Gasteiger partial charge in [0.15, 0.2) is 6.10 Å². The van der Waals surface area contributed by atoms with Crippen LogP contribution in [0.3, 0.4) is 0 Å². The first-order valence-electron chi connectivity index (χ1n) is 16.1. The summed E-state index contributed by atoms with van der Waals surface area (Å²) in [5.41, 5.74) is 2.22. The summed E-state index contributed by atoms with van der Waals surface area (Å²) in [4.78, 5) is 25.3. The molecule has 2 aromatic carbocycles. The SMILES string of the molecule is CCCCCCCCCCOc1ccc2c(c1)CCC(C(=O)Oc1ccc(C(=O)OC(CCCOCC)C(F)(F)F)cc1)C2. The van der Waals surface area contributed by atoms with E-state index >= 15 is 0 Å². The van der Waals surface area contributed by atoms with Crippen LogP contribution in [0.25, 0.3) is 0 Å². The van der Waals surface area contributed by atoms with E-state index in [9.17, 15) is 22.8 Å². The van der Waals surface area contributed by atoms with Crippen molar-refractivity contribution in [1.29, 1.82) is 0 Å².